The molecule has 0 bridgehead atoms. The van der Waals surface area contributed by atoms with Crippen LogP contribution in [-0.4, -0.2) is 40.7 Å². The van der Waals surface area contributed by atoms with E-state index in [0.717, 1.165) is 4.90 Å². The quantitative estimate of drug-likeness (QED) is 0.766. The average molecular weight is 389 g/mol. The fourth-order valence-electron chi connectivity index (χ4n) is 2.89. The van der Waals surface area contributed by atoms with Crippen molar-refractivity contribution >= 4 is 46.8 Å². The van der Waals surface area contributed by atoms with Crippen molar-refractivity contribution in [3.8, 4) is 0 Å². The molecule has 0 saturated heterocycles. The van der Waals surface area contributed by atoms with Gasteiger partial charge in [-0.25, -0.2) is 0 Å². The summed E-state index contributed by atoms with van der Waals surface area (Å²) in [7, 11) is 0. The Morgan fingerprint density at radius 2 is 1.77 bits per heavy atom. The number of nitrogens with one attached hydrogen (secondary N) is 1. The van der Waals surface area contributed by atoms with Gasteiger partial charge in [0.2, 0.25) is 5.91 Å². The lowest BCUT2D eigenvalue weighted by Crippen LogP contribution is -2.47. The highest BCUT2D eigenvalue weighted by Gasteiger charge is 2.42. The number of amides is 3. The Bertz CT molecular complexity index is 836. The minimum absolute atomic E-state index is 0.335. The molecule has 7 heteroatoms. The van der Waals surface area contributed by atoms with Gasteiger partial charge in [0.05, 0.1) is 11.1 Å². The van der Waals surface area contributed by atoms with E-state index in [0.29, 0.717) is 34.0 Å². The molecule has 0 radical (unpaired) electrons. The molecule has 2 aromatic rings. The Morgan fingerprint density at radius 3 is 2.35 bits per heavy atom. The Kier molecular flexibility index (Phi) is 5.64. The molecule has 2 aromatic carbocycles. The predicted octanol–water partition coefficient (Wildman–Crippen LogP) is 3.70. The SMILES string of the molecule is CSCC[C@H](C(=O)Nc1cccc(Cl)c1)N1C(=O)c2ccccc2C1=O. The van der Waals surface area contributed by atoms with Crippen molar-refractivity contribution in [2.45, 2.75) is 12.5 Å². The largest absolute Gasteiger partial charge is 0.324 e. The van der Waals surface area contributed by atoms with E-state index in [1.54, 1.807) is 60.3 Å². The lowest BCUT2D eigenvalue weighted by Gasteiger charge is -2.25. The maximum Gasteiger partial charge on any atom is 0.262 e. The first-order chi connectivity index (χ1) is 12.5. The van der Waals surface area contributed by atoms with Gasteiger partial charge in [0.15, 0.2) is 0 Å². The number of rotatable bonds is 6. The van der Waals surface area contributed by atoms with Crippen molar-refractivity contribution in [1.82, 2.24) is 4.90 Å². The molecule has 1 aliphatic heterocycles. The molecule has 0 spiro atoms. The molecule has 0 aromatic heterocycles. The van der Waals surface area contributed by atoms with E-state index < -0.39 is 23.8 Å². The highest BCUT2D eigenvalue weighted by atomic mass is 35.5. The van der Waals surface area contributed by atoms with E-state index in [4.69, 9.17) is 11.6 Å². The molecule has 1 N–H and O–H groups in total. The highest BCUT2D eigenvalue weighted by Crippen LogP contribution is 2.27. The molecule has 0 fully saturated rings. The maximum absolute atomic E-state index is 12.8. The number of nitrogens with zero attached hydrogens (tertiary/aromatic N) is 1. The number of hydrogen-bond acceptors (Lipinski definition) is 4. The second-order valence-electron chi connectivity index (χ2n) is 5.82. The van der Waals surface area contributed by atoms with Gasteiger partial charge in [-0.2, -0.15) is 11.8 Å². The summed E-state index contributed by atoms with van der Waals surface area (Å²) < 4.78 is 0. The molecule has 134 valence electrons. The predicted molar refractivity (Wildman–Crippen MR) is 104 cm³/mol. The molecule has 1 heterocycles. The van der Waals surface area contributed by atoms with Crippen LogP contribution < -0.4 is 5.32 Å². The molecule has 1 atom stereocenters. The number of anilines is 1. The fraction of sp³-hybridized carbons (Fsp3) is 0.211. The van der Waals surface area contributed by atoms with E-state index in [9.17, 15) is 14.4 Å². The number of thioether (sulfide) groups is 1. The number of hydrogen-bond donors (Lipinski definition) is 1. The molecule has 3 amide bonds. The zero-order valence-electron chi connectivity index (χ0n) is 14.1. The summed E-state index contributed by atoms with van der Waals surface area (Å²) in [6, 6.07) is 12.5. The van der Waals surface area contributed by atoms with Crippen molar-refractivity contribution in [1.29, 1.82) is 0 Å². The summed E-state index contributed by atoms with van der Waals surface area (Å²) in [6.45, 7) is 0. The smallest absolute Gasteiger partial charge is 0.262 e. The number of fused-ring (bicyclic) bond motifs is 1. The first kappa shape index (κ1) is 18.5. The normalized spacial score (nSPS) is 14.3. The standard InChI is InChI=1S/C19H17ClN2O3S/c1-26-10-9-16(17(23)21-13-6-4-5-12(20)11-13)22-18(24)14-7-2-3-8-15(14)19(22)25/h2-8,11,16H,9-10H2,1H3,(H,21,23)/t16-/m1/s1. The van der Waals surface area contributed by atoms with Crippen LogP contribution in [0.15, 0.2) is 48.5 Å². The minimum atomic E-state index is -0.881. The zero-order valence-corrected chi connectivity index (χ0v) is 15.6. The van der Waals surface area contributed by atoms with E-state index in [2.05, 4.69) is 5.32 Å². The van der Waals surface area contributed by atoms with Crippen molar-refractivity contribution in [3.05, 3.63) is 64.7 Å². The van der Waals surface area contributed by atoms with Crippen LogP contribution in [-0.2, 0) is 4.79 Å². The molecule has 0 saturated carbocycles. The number of imide groups is 1. The second kappa shape index (κ2) is 7.93. The van der Waals surface area contributed by atoms with Crippen molar-refractivity contribution in [2.24, 2.45) is 0 Å². The highest BCUT2D eigenvalue weighted by molar-refractivity contribution is 7.98. The van der Waals surface area contributed by atoms with Crippen molar-refractivity contribution in [3.63, 3.8) is 0 Å². The molecule has 1 aliphatic rings. The average Bonchev–Trinajstić information content (AvgIpc) is 2.87. The third-order valence-electron chi connectivity index (χ3n) is 4.13. The third kappa shape index (κ3) is 3.61. The monoisotopic (exact) mass is 388 g/mol. The van der Waals surface area contributed by atoms with Crippen LogP contribution in [0, 0.1) is 0 Å². The molecule has 0 aliphatic carbocycles. The number of carbonyl (C=O) groups excluding carboxylic acids is 3. The van der Waals surface area contributed by atoms with Gasteiger partial charge >= 0.3 is 0 Å². The van der Waals surface area contributed by atoms with Crippen molar-refractivity contribution < 1.29 is 14.4 Å². The molecular weight excluding hydrogens is 372 g/mol. The van der Waals surface area contributed by atoms with Crippen LogP contribution in [0.1, 0.15) is 27.1 Å². The summed E-state index contributed by atoms with van der Waals surface area (Å²) in [6.07, 6.45) is 2.29. The molecule has 26 heavy (non-hydrogen) atoms. The lowest BCUT2D eigenvalue weighted by molar-refractivity contribution is -0.120. The van der Waals surface area contributed by atoms with Crippen LogP contribution in [0.25, 0.3) is 0 Å². The van der Waals surface area contributed by atoms with Gasteiger partial charge in [-0.15, -0.1) is 0 Å². The maximum atomic E-state index is 12.8. The van der Waals surface area contributed by atoms with E-state index in [1.165, 1.54) is 0 Å². The topological polar surface area (TPSA) is 66.5 Å². The lowest BCUT2D eigenvalue weighted by atomic mass is 10.1. The number of benzene rings is 2. The van der Waals surface area contributed by atoms with Gasteiger partial charge in [0.1, 0.15) is 6.04 Å². The van der Waals surface area contributed by atoms with Gasteiger partial charge < -0.3 is 5.32 Å². The van der Waals surface area contributed by atoms with Gasteiger partial charge in [0, 0.05) is 10.7 Å². The van der Waals surface area contributed by atoms with Crippen LogP contribution in [0.3, 0.4) is 0 Å². The molecule has 5 nitrogen and oxygen atoms in total. The Hall–Kier alpha value is -2.31. The third-order valence-corrected chi connectivity index (χ3v) is 5.01. The van der Waals surface area contributed by atoms with Gasteiger partial charge in [-0.1, -0.05) is 29.8 Å². The second-order valence-corrected chi connectivity index (χ2v) is 7.24. The van der Waals surface area contributed by atoms with E-state index >= 15 is 0 Å². The Morgan fingerprint density at radius 1 is 1.12 bits per heavy atom. The summed E-state index contributed by atoms with van der Waals surface area (Å²) in [5, 5.41) is 3.25. The minimum Gasteiger partial charge on any atom is -0.324 e. The number of halogens is 1. The molecular formula is C19H17ClN2O3S. The van der Waals surface area contributed by atoms with Gasteiger partial charge in [-0.05, 0) is 48.8 Å². The summed E-state index contributed by atoms with van der Waals surface area (Å²) in [4.78, 5) is 39.4. The molecule has 3 rings (SSSR count). The first-order valence-corrected chi connectivity index (χ1v) is 9.82. The Labute approximate surface area is 160 Å². The first-order valence-electron chi connectivity index (χ1n) is 8.05. The van der Waals surface area contributed by atoms with E-state index in [-0.39, 0.29) is 0 Å². The van der Waals surface area contributed by atoms with Crippen LogP contribution in [0.4, 0.5) is 5.69 Å². The van der Waals surface area contributed by atoms with Crippen LogP contribution in [0.2, 0.25) is 5.02 Å². The van der Waals surface area contributed by atoms with E-state index in [1.807, 2.05) is 6.26 Å². The summed E-state index contributed by atoms with van der Waals surface area (Å²) in [5.74, 6) is -0.632. The summed E-state index contributed by atoms with van der Waals surface area (Å²) in [5.41, 5.74) is 1.19. The number of carbonyl (C=O) groups is 3. The molecule has 0 unspecified atom stereocenters. The van der Waals surface area contributed by atoms with Gasteiger partial charge in [-0.3, -0.25) is 19.3 Å². The van der Waals surface area contributed by atoms with Crippen LogP contribution in [0.5, 0.6) is 0 Å². The fourth-order valence-corrected chi connectivity index (χ4v) is 3.54. The Balaban J connectivity index is 1.88. The van der Waals surface area contributed by atoms with Crippen LogP contribution >= 0.6 is 23.4 Å². The van der Waals surface area contributed by atoms with Crippen molar-refractivity contribution in [2.75, 3.05) is 17.3 Å². The van der Waals surface area contributed by atoms with Gasteiger partial charge in [0.25, 0.3) is 11.8 Å². The zero-order chi connectivity index (χ0) is 18.7. The summed E-state index contributed by atoms with van der Waals surface area (Å²) >= 11 is 7.50.